The van der Waals surface area contributed by atoms with Crippen LogP contribution in [-0.2, 0) is 20.7 Å². The molecule has 0 fully saturated rings. The highest BCUT2D eigenvalue weighted by Gasteiger charge is 2.20. The Morgan fingerprint density at radius 2 is 1.88 bits per heavy atom. The number of nitrogens with two attached hydrogens (primary N) is 1. The molecular formula is C19H27N3O4. The molecule has 7 nitrogen and oxygen atoms in total. The summed E-state index contributed by atoms with van der Waals surface area (Å²) in [7, 11) is 4.01. The van der Waals surface area contributed by atoms with Gasteiger partial charge in [0.1, 0.15) is 6.04 Å². The quantitative estimate of drug-likeness (QED) is 0.601. The topological polar surface area (TPSA) is 86.8 Å². The molecule has 0 saturated heterocycles. The Morgan fingerprint density at radius 3 is 2.54 bits per heavy atom. The average Bonchev–Trinajstić information content (AvgIpc) is 2.97. The van der Waals surface area contributed by atoms with Crippen LogP contribution in [0, 0.1) is 5.92 Å². The van der Waals surface area contributed by atoms with E-state index in [9.17, 15) is 9.59 Å². The van der Waals surface area contributed by atoms with Crippen LogP contribution in [0.3, 0.4) is 0 Å². The van der Waals surface area contributed by atoms with Gasteiger partial charge in [0.05, 0.1) is 5.52 Å². The molecule has 2 rings (SSSR count). The van der Waals surface area contributed by atoms with Gasteiger partial charge in [-0.15, -0.1) is 0 Å². The van der Waals surface area contributed by atoms with E-state index < -0.39 is 24.9 Å². The molecule has 0 aliphatic heterocycles. The van der Waals surface area contributed by atoms with Crippen molar-refractivity contribution in [3.8, 4) is 0 Å². The van der Waals surface area contributed by atoms with Gasteiger partial charge in [0.15, 0.2) is 0 Å². The number of hydrogen-bond acceptors (Lipinski definition) is 6. The van der Waals surface area contributed by atoms with E-state index in [1.807, 2.05) is 52.2 Å². The number of para-hydroxylation sites is 1. The first-order valence-corrected chi connectivity index (χ1v) is 8.64. The van der Waals surface area contributed by atoms with E-state index >= 15 is 0 Å². The maximum absolute atomic E-state index is 12.4. The molecule has 2 N–H and O–H groups in total. The second kappa shape index (κ2) is 8.82. The number of esters is 1. The van der Waals surface area contributed by atoms with Gasteiger partial charge in [-0.1, -0.05) is 32.0 Å². The molecule has 0 saturated carbocycles. The van der Waals surface area contributed by atoms with E-state index in [1.165, 1.54) is 4.57 Å². The van der Waals surface area contributed by atoms with Gasteiger partial charge in [-0.3, -0.25) is 9.36 Å². The van der Waals surface area contributed by atoms with Crippen molar-refractivity contribution in [3.63, 3.8) is 0 Å². The molecule has 1 atom stereocenters. The number of nitrogens with zero attached hydrogens (tertiary/aromatic N) is 2. The summed E-state index contributed by atoms with van der Waals surface area (Å²) in [5.74, 6) is -0.636. The minimum Gasteiger partial charge on any atom is -0.427 e. The number of carbonyl (C=O) groups is 2. The summed E-state index contributed by atoms with van der Waals surface area (Å²) in [5, 5.41) is 1.00. The van der Waals surface area contributed by atoms with Gasteiger partial charge in [0, 0.05) is 18.1 Å². The third-order valence-electron chi connectivity index (χ3n) is 4.19. The number of aromatic nitrogens is 1. The molecule has 0 radical (unpaired) electrons. The number of carbonyl (C=O) groups excluding carboxylic acids is 2. The molecule has 0 aliphatic carbocycles. The lowest BCUT2D eigenvalue weighted by Crippen LogP contribution is -2.37. The molecule has 1 aromatic carbocycles. The van der Waals surface area contributed by atoms with Gasteiger partial charge >= 0.3 is 12.1 Å². The Morgan fingerprint density at radius 1 is 1.19 bits per heavy atom. The number of rotatable bonds is 7. The van der Waals surface area contributed by atoms with Crippen molar-refractivity contribution >= 4 is 23.0 Å². The third-order valence-corrected chi connectivity index (χ3v) is 4.19. The number of likely N-dealkylation sites (N-methyl/N-ethyl adjacent to an activating group) is 1. The van der Waals surface area contributed by atoms with Crippen molar-refractivity contribution in [1.29, 1.82) is 0 Å². The van der Waals surface area contributed by atoms with Crippen molar-refractivity contribution in [1.82, 2.24) is 9.47 Å². The highest BCUT2D eigenvalue weighted by Crippen LogP contribution is 2.22. The van der Waals surface area contributed by atoms with Crippen LogP contribution < -0.4 is 5.73 Å². The summed E-state index contributed by atoms with van der Waals surface area (Å²) in [6.07, 6.45) is 1.99. The lowest BCUT2D eigenvalue weighted by molar-refractivity contribution is -0.154. The fraction of sp³-hybridized carbons (Fsp3) is 0.474. The fourth-order valence-electron chi connectivity index (χ4n) is 2.52. The van der Waals surface area contributed by atoms with Gasteiger partial charge < -0.3 is 20.1 Å². The normalized spacial score (nSPS) is 12.6. The molecule has 1 aromatic heterocycles. The molecule has 142 valence electrons. The first kappa shape index (κ1) is 19.9. The zero-order valence-electron chi connectivity index (χ0n) is 15.8. The molecule has 0 aliphatic rings. The fourth-order valence-corrected chi connectivity index (χ4v) is 2.52. The van der Waals surface area contributed by atoms with E-state index in [0.717, 1.165) is 29.4 Å². The molecular weight excluding hydrogens is 334 g/mol. The van der Waals surface area contributed by atoms with Crippen LogP contribution in [0.5, 0.6) is 0 Å². The Kier molecular flexibility index (Phi) is 6.76. The maximum atomic E-state index is 12.4. The smallest absolute Gasteiger partial charge is 0.421 e. The number of hydrogen-bond donors (Lipinski definition) is 1. The van der Waals surface area contributed by atoms with Crippen molar-refractivity contribution in [2.45, 2.75) is 26.3 Å². The van der Waals surface area contributed by atoms with E-state index in [0.29, 0.717) is 0 Å². The van der Waals surface area contributed by atoms with Crippen LogP contribution in [0.4, 0.5) is 4.79 Å². The van der Waals surface area contributed by atoms with Crippen LogP contribution in [0.15, 0.2) is 30.5 Å². The lowest BCUT2D eigenvalue weighted by atomic mass is 10.1. The van der Waals surface area contributed by atoms with Gasteiger partial charge in [-0.05, 0) is 38.1 Å². The largest absolute Gasteiger partial charge is 0.427 e. The Balaban J connectivity index is 2.07. The van der Waals surface area contributed by atoms with Crippen LogP contribution in [0.1, 0.15) is 19.4 Å². The van der Waals surface area contributed by atoms with Crippen LogP contribution in [0.25, 0.3) is 10.9 Å². The van der Waals surface area contributed by atoms with Gasteiger partial charge in [-0.25, -0.2) is 4.79 Å². The van der Waals surface area contributed by atoms with E-state index in [-0.39, 0.29) is 5.92 Å². The summed E-state index contributed by atoms with van der Waals surface area (Å²) in [6, 6.07) is 6.90. The highest BCUT2D eigenvalue weighted by atomic mass is 16.7. The monoisotopic (exact) mass is 361 g/mol. The van der Waals surface area contributed by atoms with Crippen molar-refractivity contribution in [2.75, 3.05) is 27.4 Å². The van der Waals surface area contributed by atoms with Crippen molar-refractivity contribution in [3.05, 3.63) is 36.0 Å². The molecule has 0 spiro atoms. The minimum absolute atomic E-state index is 0.0501. The standard InChI is InChI=1S/C19H27N3O4/c1-13(2)17(20)18(23)25-12-26-19(24)22-11-14(9-10-21(3)4)15-7-5-6-8-16(15)22/h5-8,11,13,17H,9-10,12,20H2,1-4H3. The zero-order valence-corrected chi connectivity index (χ0v) is 15.8. The summed E-state index contributed by atoms with van der Waals surface area (Å²) in [5.41, 5.74) is 7.52. The van der Waals surface area contributed by atoms with Crippen molar-refractivity contribution in [2.24, 2.45) is 11.7 Å². The van der Waals surface area contributed by atoms with Gasteiger partial charge in [0.2, 0.25) is 6.79 Å². The van der Waals surface area contributed by atoms with Crippen LogP contribution in [-0.4, -0.2) is 55.0 Å². The molecule has 7 heteroatoms. The Hall–Kier alpha value is -2.38. The Bertz CT molecular complexity index is 767. The summed E-state index contributed by atoms with van der Waals surface area (Å²) in [4.78, 5) is 26.2. The third kappa shape index (κ3) is 4.83. The zero-order chi connectivity index (χ0) is 19.3. The van der Waals surface area contributed by atoms with Gasteiger partial charge in [0.25, 0.3) is 0 Å². The summed E-state index contributed by atoms with van der Waals surface area (Å²) in [6.45, 7) is 4.05. The van der Waals surface area contributed by atoms with E-state index in [1.54, 1.807) is 6.20 Å². The first-order valence-electron chi connectivity index (χ1n) is 8.64. The van der Waals surface area contributed by atoms with Crippen molar-refractivity contribution < 1.29 is 19.1 Å². The predicted octanol–water partition coefficient (Wildman–Crippen LogP) is 2.21. The predicted molar refractivity (Wildman–Crippen MR) is 99.8 cm³/mol. The highest BCUT2D eigenvalue weighted by molar-refractivity contribution is 5.92. The van der Waals surface area contributed by atoms with Crippen LogP contribution in [0.2, 0.25) is 0 Å². The number of benzene rings is 1. The van der Waals surface area contributed by atoms with E-state index in [2.05, 4.69) is 4.90 Å². The SMILES string of the molecule is CC(C)C(N)C(=O)OCOC(=O)n1cc(CCN(C)C)c2ccccc21. The van der Waals surface area contributed by atoms with E-state index in [4.69, 9.17) is 15.2 Å². The molecule has 0 bridgehead atoms. The Labute approximate surface area is 153 Å². The maximum Gasteiger partial charge on any atom is 0.421 e. The second-order valence-electron chi connectivity index (χ2n) is 6.86. The molecule has 1 heterocycles. The summed E-state index contributed by atoms with van der Waals surface area (Å²) >= 11 is 0. The molecule has 1 unspecified atom stereocenters. The average molecular weight is 361 g/mol. The second-order valence-corrected chi connectivity index (χ2v) is 6.86. The molecule has 2 aromatic rings. The molecule has 26 heavy (non-hydrogen) atoms. The van der Waals surface area contributed by atoms with Gasteiger partial charge in [-0.2, -0.15) is 0 Å². The van der Waals surface area contributed by atoms with Crippen LogP contribution >= 0.6 is 0 Å². The molecule has 0 amide bonds. The lowest BCUT2D eigenvalue weighted by Gasteiger charge is -2.14. The first-order chi connectivity index (χ1) is 12.3. The number of ether oxygens (including phenoxy) is 2. The minimum atomic E-state index is -0.737. The number of fused-ring (bicyclic) bond motifs is 1. The summed E-state index contributed by atoms with van der Waals surface area (Å²) < 4.78 is 11.5.